The molecule has 37 heavy (non-hydrogen) atoms. The molecule has 3 fully saturated rings. The molecule has 1 unspecified atom stereocenters. The Balaban J connectivity index is 1.21. The molecule has 6 heteroatoms. The smallest absolute Gasteiger partial charge is 0.222 e. The lowest BCUT2D eigenvalue weighted by molar-refractivity contribution is 0.270. The van der Waals surface area contributed by atoms with Crippen molar-refractivity contribution in [1.29, 1.82) is 0 Å². The van der Waals surface area contributed by atoms with E-state index < -0.39 is 5.95 Å². The van der Waals surface area contributed by atoms with Crippen LogP contribution in [0.5, 0.6) is 0 Å². The number of piperidine rings is 1. The summed E-state index contributed by atoms with van der Waals surface area (Å²) in [5.41, 5.74) is 11.9. The number of nitrogens with zero attached hydrogens (tertiary/aromatic N) is 2. The summed E-state index contributed by atoms with van der Waals surface area (Å²) in [5.74, 6) is 1.38. The van der Waals surface area contributed by atoms with Gasteiger partial charge in [-0.05, 0) is 71.4 Å². The van der Waals surface area contributed by atoms with E-state index in [1.807, 2.05) is 18.2 Å². The zero-order valence-corrected chi connectivity index (χ0v) is 21.2. The summed E-state index contributed by atoms with van der Waals surface area (Å²) in [5, 5.41) is 3.11. The fraction of sp³-hybridized carbons (Fsp3) is 0.387. The number of aromatic nitrogens is 1. The average molecular weight is 499 g/mol. The number of nitrogens with one attached hydrogen (secondary N) is 1. The summed E-state index contributed by atoms with van der Waals surface area (Å²) in [6, 6.07) is 13.4. The molecule has 0 spiro atoms. The maximum atomic E-state index is 15.1. The van der Waals surface area contributed by atoms with Crippen molar-refractivity contribution < 1.29 is 8.78 Å². The van der Waals surface area contributed by atoms with Crippen molar-refractivity contribution in [2.45, 2.75) is 31.6 Å². The third kappa shape index (κ3) is 3.60. The minimum absolute atomic E-state index is 0.0558. The van der Waals surface area contributed by atoms with Gasteiger partial charge in [-0.1, -0.05) is 43.8 Å². The maximum absolute atomic E-state index is 15.1. The van der Waals surface area contributed by atoms with Gasteiger partial charge in [0.05, 0.1) is 0 Å². The molecule has 4 aliphatic rings. The van der Waals surface area contributed by atoms with Gasteiger partial charge in [-0.25, -0.2) is 9.37 Å². The highest BCUT2D eigenvalue weighted by atomic mass is 19.1. The standard InChI is InChI=1S/C31H32F2N4/c1-17-26-15-37(14-19-3-4-19)16-31(17,26)23-7-5-20(6-8-23)24-13-25(30(34)36-29(24)33)22-11-21-9-10-35-18(2)28(21)27(32)12-22/h5-8,11-13,17,19,26,35H,2-4,9-10,14-16H2,1H3,(H2,34,36)/t17?,26-,31+/m1/s1. The Kier molecular flexibility index (Phi) is 5.03. The van der Waals surface area contributed by atoms with E-state index >= 15 is 8.78 Å². The highest BCUT2D eigenvalue weighted by Crippen LogP contribution is 2.64. The highest BCUT2D eigenvalue weighted by molar-refractivity contribution is 5.82. The van der Waals surface area contributed by atoms with Crippen LogP contribution in [0.1, 0.15) is 36.5 Å². The molecule has 1 aromatic heterocycles. The maximum Gasteiger partial charge on any atom is 0.222 e. The Morgan fingerprint density at radius 3 is 2.65 bits per heavy atom. The lowest BCUT2D eigenvalue weighted by Gasteiger charge is -2.23. The number of pyridine rings is 1. The molecule has 0 radical (unpaired) electrons. The molecule has 2 aliphatic carbocycles. The number of hydrogen-bond donors (Lipinski definition) is 2. The van der Waals surface area contributed by atoms with Crippen LogP contribution in [0.15, 0.2) is 49.0 Å². The molecule has 2 aromatic carbocycles. The lowest BCUT2D eigenvalue weighted by atomic mass is 9.90. The van der Waals surface area contributed by atoms with E-state index in [9.17, 15) is 0 Å². The molecule has 1 saturated heterocycles. The lowest BCUT2D eigenvalue weighted by Crippen LogP contribution is -2.30. The Morgan fingerprint density at radius 1 is 1.11 bits per heavy atom. The molecule has 3 N–H and O–H groups in total. The molecule has 7 rings (SSSR count). The predicted octanol–water partition coefficient (Wildman–Crippen LogP) is 5.62. The second-order valence-corrected chi connectivity index (χ2v) is 11.6. The third-order valence-electron chi connectivity index (χ3n) is 9.38. The quantitative estimate of drug-likeness (QED) is 0.448. The largest absolute Gasteiger partial charge is 0.385 e. The summed E-state index contributed by atoms with van der Waals surface area (Å²) in [6.07, 6.45) is 3.44. The number of rotatable bonds is 5. The van der Waals surface area contributed by atoms with Crippen molar-refractivity contribution in [3.63, 3.8) is 0 Å². The van der Waals surface area contributed by atoms with Crippen molar-refractivity contribution >= 4 is 11.5 Å². The minimum Gasteiger partial charge on any atom is -0.385 e. The number of nitrogens with two attached hydrogens (primary N) is 1. The van der Waals surface area contributed by atoms with Crippen LogP contribution in [0.3, 0.4) is 0 Å². The second kappa shape index (κ2) is 8.12. The van der Waals surface area contributed by atoms with Gasteiger partial charge in [0.2, 0.25) is 5.95 Å². The SMILES string of the molecule is C=C1NCCc2cc(-c3cc(-c4ccc([C@@]56CN(CC7CC7)C[C@@H]5C6C)cc4)c(F)nc3N)cc(F)c21. The van der Waals surface area contributed by atoms with Crippen LogP contribution in [0, 0.1) is 29.5 Å². The Bertz CT molecular complexity index is 1430. The Hall–Kier alpha value is -3.25. The van der Waals surface area contributed by atoms with E-state index in [0.717, 1.165) is 23.6 Å². The molecule has 2 aliphatic heterocycles. The first-order valence-electron chi connectivity index (χ1n) is 13.4. The van der Waals surface area contributed by atoms with E-state index in [0.29, 0.717) is 52.8 Å². The number of halogens is 2. The van der Waals surface area contributed by atoms with Gasteiger partial charge in [-0.15, -0.1) is 0 Å². The van der Waals surface area contributed by atoms with Crippen molar-refractivity contribution in [1.82, 2.24) is 15.2 Å². The van der Waals surface area contributed by atoms with E-state index in [-0.39, 0.29) is 17.1 Å². The summed E-state index contributed by atoms with van der Waals surface area (Å²) in [4.78, 5) is 6.66. The fourth-order valence-electron chi connectivity index (χ4n) is 7.08. The van der Waals surface area contributed by atoms with Gasteiger partial charge in [0.1, 0.15) is 11.6 Å². The zero-order valence-electron chi connectivity index (χ0n) is 21.2. The monoisotopic (exact) mass is 498 g/mol. The van der Waals surface area contributed by atoms with Gasteiger partial charge in [0.25, 0.3) is 0 Å². The first kappa shape index (κ1) is 22.9. The molecule has 4 nitrogen and oxygen atoms in total. The van der Waals surface area contributed by atoms with Crippen LogP contribution in [0.4, 0.5) is 14.6 Å². The first-order valence-corrected chi connectivity index (χ1v) is 13.4. The van der Waals surface area contributed by atoms with Crippen LogP contribution >= 0.6 is 0 Å². The van der Waals surface area contributed by atoms with Crippen LogP contribution in [0.25, 0.3) is 28.0 Å². The van der Waals surface area contributed by atoms with Crippen LogP contribution in [-0.4, -0.2) is 36.1 Å². The van der Waals surface area contributed by atoms with E-state index in [1.165, 1.54) is 37.6 Å². The molecule has 0 bridgehead atoms. The highest BCUT2D eigenvalue weighted by Gasteiger charge is 2.67. The van der Waals surface area contributed by atoms with E-state index in [1.54, 1.807) is 6.07 Å². The summed E-state index contributed by atoms with van der Waals surface area (Å²) >= 11 is 0. The van der Waals surface area contributed by atoms with Crippen LogP contribution < -0.4 is 11.1 Å². The van der Waals surface area contributed by atoms with Gasteiger partial charge >= 0.3 is 0 Å². The summed E-state index contributed by atoms with van der Waals surface area (Å²) in [6.45, 7) is 10.6. The van der Waals surface area contributed by atoms with Crippen molar-refractivity contribution in [3.05, 3.63) is 77.5 Å². The fourth-order valence-corrected chi connectivity index (χ4v) is 7.08. The molecular weight excluding hydrogens is 466 g/mol. The third-order valence-corrected chi connectivity index (χ3v) is 9.38. The Labute approximate surface area is 216 Å². The number of likely N-dealkylation sites (tertiary alicyclic amines) is 1. The zero-order chi connectivity index (χ0) is 25.5. The van der Waals surface area contributed by atoms with Crippen LogP contribution in [0.2, 0.25) is 0 Å². The van der Waals surface area contributed by atoms with Gasteiger partial charge < -0.3 is 16.0 Å². The molecule has 3 aromatic rings. The van der Waals surface area contributed by atoms with Gasteiger partial charge in [0.15, 0.2) is 0 Å². The minimum atomic E-state index is -0.614. The van der Waals surface area contributed by atoms with Gasteiger partial charge in [0, 0.05) is 54.0 Å². The molecule has 190 valence electrons. The normalized spacial score (nSPS) is 26.5. The van der Waals surface area contributed by atoms with Crippen LogP contribution in [-0.2, 0) is 11.8 Å². The molecule has 3 atom stereocenters. The molecular formula is C31H32F2N4. The Morgan fingerprint density at radius 2 is 1.89 bits per heavy atom. The van der Waals surface area contributed by atoms with Gasteiger partial charge in [-0.2, -0.15) is 4.39 Å². The van der Waals surface area contributed by atoms with Crippen molar-refractivity contribution in [3.8, 4) is 22.3 Å². The number of anilines is 1. The van der Waals surface area contributed by atoms with Crippen molar-refractivity contribution in [2.75, 3.05) is 31.9 Å². The van der Waals surface area contributed by atoms with Gasteiger partial charge in [-0.3, -0.25) is 0 Å². The molecule has 2 saturated carbocycles. The topological polar surface area (TPSA) is 54.2 Å². The molecule has 0 amide bonds. The predicted molar refractivity (Wildman–Crippen MR) is 144 cm³/mol. The molecule has 3 heterocycles. The van der Waals surface area contributed by atoms with E-state index in [4.69, 9.17) is 5.73 Å². The van der Waals surface area contributed by atoms with E-state index in [2.05, 4.69) is 40.8 Å². The second-order valence-electron chi connectivity index (χ2n) is 11.6. The van der Waals surface area contributed by atoms with Crippen molar-refractivity contribution in [2.24, 2.45) is 17.8 Å². The first-order chi connectivity index (χ1) is 17.8. The number of benzene rings is 2. The summed E-state index contributed by atoms with van der Waals surface area (Å²) in [7, 11) is 0. The summed E-state index contributed by atoms with van der Waals surface area (Å²) < 4.78 is 30.1. The average Bonchev–Trinajstić information content (AvgIpc) is 3.74. The number of fused-ring (bicyclic) bond motifs is 2. The number of hydrogen-bond acceptors (Lipinski definition) is 4. The number of nitrogen functional groups attached to an aromatic ring is 1.